The van der Waals surface area contributed by atoms with E-state index in [1.54, 1.807) is 11.3 Å². The minimum absolute atomic E-state index is 0.213. The van der Waals surface area contributed by atoms with Gasteiger partial charge in [-0.15, -0.1) is 11.3 Å². The maximum atomic E-state index is 13.7. The highest BCUT2D eigenvalue weighted by Crippen LogP contribution is 2.28. The summed E-state index contributed by atoms with van der Waals surface area (Å²) in [7, 11) is 0. The molecular weight excluding hydrogens is 546 g/mol. The number of carbonyl (C=O) groups excluding carboxylic acids is 3. The largest absolute Gasteiger partial charge is 0.379 e. The van der Waals surface area contributed by atoms with Crippen LogP contribution in [-0.4, -0.2) is 78.7 Å². The highest BCUT2D eigenvalue weighted by atomic mass is 32.1. The number of hydrogen-bond acceptors (Lipinski definition) is 8. The minimum Gasteiger partial charge on any atom is -0.379 e. The Morgan fingerprint density at radius 1 is 1.22 bits per heavy atom. The fourth-order valence-corrected chi connectivity index (χ4v) is 5.43. The number of hydrogen-bond donors (Lipinski definition) is 2. The molecule has 1 aliphatic rings. The van der Waals surface area contributed by atoms with E-state index in [0.29, 0.717) is 13.0 Å². The van der Waals surface area contributed by atoms with E-state index in [1.807, 2.05) is 57.5 Å². The number of likely N-dealkylation sites (tertiary alicyclic amines) is 1. The van der Waals surface area contributed by atoms with Crippen molar-refractivity contribution < 1.29 is 23.9 Å². The van der Waals surface area contributed by atoms with E-state index >= 15 is 0 Å². The molecule has 1 fully saturated rings. The van der Waals surface area contributed by atoms with Gasteiger partial charge in [-0.05, 0) is 29.0 Å². The van der Waals surface area contributed by atoms with E-state index in [9.17, 15) is 14.4 Å². The lowest BCUT2D eigenvalue weighted by molar-refractivity contribution is -0.143. The number of thiazole rings is 1. The average Bonchev–Trinajstić information content (AvgIpc) is 3.55. The Morgan fingerprint density at radius 2 is 1.95 bits per heavy atom. The first-order valence-corrected chi connectivity index (χ1v) is 14.4. The van der Waals surface area contributed by atoms with Gasteiger partial charge in [0, 0.05) is 37.9 Å². The van der Waals surface area contributed by atoms with Gasteiger partial charge in [0.05, 0.1) is 42.0 Å². The van der Waals surface area contributed by atoms with Crippen molar-refractivity contribution in [2.45, 2.75) is 65.8 Å². The topological polar surface area (TPSA) is 159 Å². The predicted molar refractivity (Wildman–Crippen MR) is 156 cm³/mol. The number of nitrogens with one attached hydrogen (secondary N) is 2. The molecule has 0 spiro atoms. The van der Waals surface area contributed by atoms with Crippen molar-refractivity contribution in [1.29, 1.82) is 0 Å². The van der Waals surface area contributed by atoms with Crippen LogP contribution in [-0.2, 0) is 30.4 Å². The molecule has 222 valence electrons. The summed E-state index contributed by atoms with van der Waals surface area (Å²) >= 11 is 1.58. The zero-order valence-electron chi connectivity index (χ0n) is 24.3. The highest BCUT2D eigenvalue weighted by molar-refractivity contribution is 7.13. The third-order valence-corrected chi connectivity index (χ3v) is 7.70. The lowest BCUT2D eigenvalue weighted by Crippen LogP contribution is -2.57. The fraction of sp³-hybridized carbons (Fsp3) is 0.571. The summed E-state index contributed by atoms with van der Waals surface area (Å²) in [4.78, 5) is 48.7. The first kappa shape index (κ1) is 32.0. The van der Waals surface area contributed by atoms with Crippen LogP contribution in [0.25, 0.3) is 20.9 Å². The molecule has 1 aliphatic heterocycles. The molecule has 3 atom stereocenters. The number of aryl methyl sites for hydroxylation is 1. The van der Waals surface area contributed by atoms with E-state index in [1.165, 1.54) is 11.8 Å². The summed E-state index contributed by atoms with van der Waals surface area (Å²) in [5.74, 6) is -0.928. The molecule has 3 amide bonds. The number of rotatable bonds is 13. The van der Waals surface area contributed by atoms with Crippen LogP contribution < -0.4 is 10.6 Å². The monoisotopic (exact) mass is 585 g/mol. The molecule has 2 aromatic rings. The van der Waals surface area contributed by atoms with Crippen molar-refractivity contribution >= 4 is 29.1 Å². The summed E-state index contributed by atoms with van der Waals surface area (Å²) in [5, 5.41) is 9.16. The van der Waals surface area contributed by atoms with Crippen LogP contribution in [0, 0.1) is 12.3 Å². The van der Waals surface area contributed by atoms with E-state index < -0.39 is 17.5 Å². The molecule has 13 heteroatoms. The molecule has 1 aromatic carbocycles. The molecular formula is C28H39N7O5S. The Hall–Kier alpha value is -3.51. The maximum absolute atomic E-state index is 13.7. The van der Waals surface area contributed by atoms with E-state index in [2.05, 4.69) is 25.6 Å². The first-order valence-electron chi connectivity index (χ1n) is 13.6. The van der Waals surface area contributed by atoms with Crippen LogP contribution in [0.3, 0.4) is 0 Å². The van der Waals surface area contributed by atoms with Gasteiger partial charge in [-0.2, -0.15) is 0 Å². The summed E-state index contributed by atoms with van der Waals surface area (Å²) in [5.41, 5.74) is 12.6. The van der Waals surface area contributed by atoms with Crippen molar-refractivity contribution in [3.05, 3.63) is 51.5 Å². The van der Waals surface area contributed by atoms with Crippen LogP contribution >= 0.6 is 11.3 Å². The highest BCUT2D eigenvalue weighted by Gasteiger charge is 2.45. The Kier molecular flexibility index (Phi) is 11.7. The van der Waals surface area contributed by atoms with Gasteiger partial charge in [0.1, 0.15) is 12.1 Å². The Bertz CT molecular complexity index is 1240. The second-order valence-electron chi connectivity index (χ2n) is 11.0. The molecule has 0 radical (unpaired) electrons. The van der Waals surface area contributed by atoms with Crippen LogP contribution in [0.15, 0.2) is 34.9 Å². The zero-order chi connectivity index (χ0) is 30.0. The minimum atomic E-state index is -0.805. The SMILES string of the molecule is CC(=O)NC(C(=O)N1CC(OCCOCCN=[N+]=[N-])CC1C(=O)NCc1ccc(-c2scnc2C)cc1)C(C)(C)C. The molecule has 1 aromatic heterocycles. The second kappa shape index (κ2) is 14.9. The molecule has 3 unspecified atom stereocenters. The van der Waals surface area contributed by atoms with Crippen molar-refractivity contribution in [2.24, 2.45) is 10.5 Å². The predicted octanol–water partition coefficient (Wildman–Crippen LogP) is 3.60. The van der Waals surface area contributed by atoms with Gasteiger partial charge in [0.25, 0.3) is 0 Å². The first-order chi connectivity index (χ1) is 19.5. The van der Waals surface area contributed by atoms with Crippen molar-refractivity contribution in [3.63, 3.8) is 0 Å². The van der Waals surface area contributed by atoms with Crippen LogP contribution in [0.2, 0.25) is 0 Å². The van der Waals surface area contributed by atoms with Crippen LogP contribution in [0.5, 0.6) is 0 Å². The van der Waals surface area contributed by atoms with Gasteiger partial charge in [0.2, 0.25) is 17.7 Å². The Labute approximate surface area is 244 Å². The van der Waals surface area contributed by atoms with E-state index in [0.717, 1.165) is 21.7 Å². The number of amides is 3. The number of benzene rings is 1. The summed E-state index contributed by atoms with van der Waals surface area (Å²) in [6, 6.07) is 6.39. The molecule has 0 aliphatic carbocycles. The van der Waals surface area contributed by atoms with Gasteiger partial charge in [0.15, 0.2) is 0 Å². The summed E-state index contributed by atoms with van der Waals surface area (Å²) < 4.78 is 11.3. The van der Waals surface area contributed by atoms with Crippen molar-refractivity contribution in [1.82, 2.24) is 20.5 Å². The van der Waals surface area contributed by atoms with Gasteiger partial charge in [-0.1, -0.05) is 50.2 Å². The molecule has 1 saturated heterocycles. The van der Waals surface area contributed by atoms with E-state index in [4.69, 9.17) is 15.0 Å². The quantitative estimate of drug-likeness (QED) is 0.158. The number of aromatic nitrogens is 1. The Morgan fingerprint density at radius 3 is 2.56 bits per heavy atom. The molecule has 41 heavy (non-hydrogen) atoms. The van der Waals surface area contributed by atoms with Gasteiger partial charge >= 0.3 is 0 Å². The van der Waals surface area contributed by atoms with E-state index in [-0.39, 0.29) is 56.7 Å². The number of ether oxygens (including phenoxy) is 2. The zero-order valence-corrected chi connectivity index (χ0v) is 25.1. The standard InChI is InChI=1S/C28H39N7O5S/c1-18-24(41-17-31-18)21-8-6-20(7-9-21)15-30-26(37)23-14-22(40-13-12-39-11-10-32-34-29)16-35(23)27(38)25(28(3,4)5)33-19(2)36/h6-9,17,22-23,25H,10-16H2,1-5H3,(H,30,37)(H,33,36). The maximum Gasteiger partial charge on any atom is 0.246 e. The molecule has 2 N–H and O–H groups in total. The lowest BCUT2D eigenvalue weighted by atomic mass is 9.85. The molecule has 0 bridgehead atoms. The Balaban J connectivity index is 1.67. The third kappa shape index (κ3) is 9.25. The molecule has 0 saturated carbocycles. The number of azide groups is 1. The molecule has 12 nitrogen and oxygen atoms in total. The second-order valence-corrected chi connectivity index (χ2v) is 11.8. The van der Waals surface area contributed by atoms with Crippen molar-refractivity contribution in [2.75, 3.05) is 32.9 Å². The van der Waals surface area contributed by atoms with Crippen molar-refractivity contribution in [3.8, 4) is 10.4 Å². The van der Waals surface area contributed by atoms with Crippen LogP contribution in [0.4, 0.5) is 0 Å². The fourth-order valence-electron chi connectivity index (χ4n) is 4.61. The molecule has 2 heterocycles. The summed E-state index contributed by atoms with van der Waals surface area (Å²) in [6.07, 6.45) is -0.0631. The number of nitrogens with zero attached hydrogens (tertiary/aromatic N) is 5. The smallest absolute Gasteiger partial charge is 0.246 e. The third-order valence-electron chi connectivity index (χ3n) is 6.72. The summed E-state index contributed by atoms with van der Waals surface area (Å²) in [6.45, 7) is 10.5. The van der Waals surface area contributed by atoms with Crippen LogP contribution in [0.1, 0.15) is 45.4 Å². The average molecular weight is 586 g/mol. The number of carbonyl (C=O) groups is 3. The molecule has 3 rings (SSSR count). The van der Waals surface area contributed by atoms with Gasteiger partial charge in [-0.3, -0.25) is 14.4 Å². The lowest BCUT2D eigenvalue weighted by Gasteiger charge is -2.35. The normalized spacial score (nSPS) is 17.5. The van der Waals surface area contributed by atoms with Gasteiger partial charge < -0.3 is 25.0 Å². The van der Waals surface area contributed by atoms with Gasteiger partial charge in [-0.25, -0.2) is 4.98 Å².